The van der Waals surface area contributed by atoms with Gasteiger partial charge < -0.3 is 4.90 Å². The van der Waals surface area contributed by atoms with Gasteiger partial charge in [-0.1, -0.05) is 12.1 Å². The van der Waals surface area contributed by atoms with Crippen molar-refractivity contribution in [3.63, 3.8) is 0 Å². The molecule has 0 unspecified atom stereocenters. The fourth-order valence-electron chi connectivity index (χ4n) is 3.33. The highest BCUT2D eigenvalue weighted by atomic mass is 19.4. The SMILES string of the molecule is O=C(c1ccc(C(F)(F)F)cc1)[C@H]1CCCN(C(=O)CCc2cnccn2)C1. The summed E-state index contributed by atoms with van der Waals surface area (Å²) in [4.78, 5) is 34.9. The first kappa shape index (κ1) is 20.0. The van der Waals surface area contributed by atoms with Crippen LogP contribution >= 0.6 is 0 Å². The fraction of sp³-hybridized carbons (Fsp3) is 0.400. The first-order chi connectivity index (χ1) is 13.3. The summed E-state index contributed by atoms with van der Waals surface area (Å²) in [6, 6.07) is 4.25. The average molecular weight is 391 g/mol. The topological polar surface area (TPSA) is 63.2 Å². The number of amides is 1. The number of Topliss-reactive ketones (excluding diaryl/α,β-unsaturated/α-hetero) is 1. The number of carbonyl (C=O) groups excluding carboxylic acids is 2. The zero-order valence-electron chi connectivity index (χ0n) is 15.2. The van der Waals surface area contributed by atoms with Crippen molar-refractivity contribution >= 4 is 11.7 Å². The van der Waals surface area contributed by atoms with Crippen LogP contribution in [-0.4, -0.2) is 39.6 Å². The first-order valence-corrected chi connectivity index (χ1v) is 9.09. The third-order valence-corrected chi connectivity index (χ3v) is 4.85. The molecule has 148 valence electrons. The molecular weight excluding hydrogens is 371 g/mol. The highest BCUT2D eigenvalue weighted by molar-refractivity contribution is 5.98. The lowest BCUT2D eigenvalue weighted by molar-refractivity contribution is -0.137. The van der Waals surface area contributed by atoms with Crippen LogP contribution in [0.4, 0.5) is 13.2 Å². The predicted octanol–water partition coefficient (Wildman–Crippen LogP) is 3.55. The lowest BCUT2D eigenvalue weighted by Gasteiger charge is -2.32. The quantitative estimate of drug-likeness (QED) is 0.732. The number of alkyl halides is 3. The van der Waals surface area contributed by atoms with E-state index < -0.39 is 17.7 Å². The smallest absolute Gasteiger partial charge is 0.342 e. The molecule has 0 aliphatic carbocycles. The number of likely N-dealkylation sites (tertiary alicyclic amines) is 1. The Balaban J connectivity index is 1.59. The van der Waals surface area contributed by atoms with Crippen LogP contribution in [0.3, 0.4) is 0 Å². The number of piperidine rings is 1. The summed E-state index contributed by atoms with van der Waals surface area (Å²) in [5.74, 6) is -0.679. The first-order valence-electron chi connectivity index (χ1n) is 9.09. The molecule has 1 aliphatic rings. The summed E-state index contributed by atoms with van der Waals surface area (Å²) in [6.07, 6.45) is 2.37. The van der Waals surface area contributed by atoms with E-state index in [2.05, 4.69) is 9.97 Å². The third kappa shape index (κ3) is 4.94. The lowest BCUT2D eigenvalue weighted by Crippen LogP contribution is -2.42. The molecular formula is C20H20F3N3O2. The Labute approximate surface area is 160 Å². The normalized spacial score (nSPS) is 17.4. The van der Waals surface area contributed by atoms with Crippen molar-refractivity contribution in [1.29, 1.82) is 0 Å². The summed E-state index contributed by atoms with van der Waals surface area (Å²) < 4.78 is 38.0. The molecule has 1 aliphatic heterocycles. The molecule has 5 nitrogen and oxygen atoms in total. The van der Waals surface area contributed by atoms with Crippen LogP contribution < -0.4 is 0 Å². The second-order valence-electron chi connectivity index (χ2n) is 6.82. The van der Waals surface area contributed by atoms with Gasteiger partial charge in [0, 0.05) is 49.6 Å². The molecule has 28 heavy (non-hydrogen) atoms. The van der Waals surface area contributed by atoms with E-state index in [-0.39, 0.29) is 23.7 Å². The van der Waals surface area contributed by atoms with E-state index >= 15 is 0 Å². The number of aryl methyl sites for hydroxylation is 1. The number of hydrogen-bond donors (Lipinski definition) is 0. The Kier molecular flexibility index (Phi) is 6.06. The van der Waals surface area contributed by atoms with Crippen molar-refractivity contribution < 1.29 is 22.8 Å². The average Bonchev–Trinajstić information content (AvgIpc) is 2.72. The molecule has 2 aromatic rings. The van der Waals surface area contributed by atoms with E-state index in [0.717, 1.165) is 17.8 Å². The van der Waals surface area contributed by atoms with Crippen molar-refractivity contribution in [2.24, 2.45) is 5.92 Å². The van der Waals surface area contributed by atoms with E-state index in [1.807, 2.05) is 0 Å². The molecule has 0 spiro atoms. The fourth-order valence-corrected chi connectivity index (χ4v) is 3.33. The number of hydrogen-bond acceptors (Lipinski definition) is 4. The van der Waals surface area contributed by atoms with Crippen LogP contribution in [-0.2, 0) is 17.4 Å². The number of nitrogens with zero attached hydrogens (tertiary/aromatic N) is 3. The molecule has 0 radical (unpaired) electrons. The molecule has 1 aromatic heterocycles. The van der Waals surface area contributed by atoms with Crippen molar-refractivity contribution in [2.75, 3.05) is 13.1 Å². The molecule has 8 heteroatoms. The summed E-state index contributed by atoms with van der Waals surface area (Å²) in [5.41, 5.74) is 0.186. The van der Waals surface area contributed by atoms with E-state index in [9.17, 15) is 22.8 Å². The number of benzene rings is 1. The van der Waals surface area contributed by atoms with E-state index in [1.54, 1.807) is 23.5 Å². The Hall–Kier alpha value is -2.77. The van der Waals surface area contributed by atoms with Gasteiger partial charge >= 0.3 is 6.18 Å². The number of ketones is 1. The van der Waals surface area contributed by atoms with Gasteiger partial charge in [0.1, 0.15) is 0 Å². The maximum atomic E-state index is 12.7. The lowest BCUT2D eigenvalue weighted by atomic mass is 9.89. The largest absolute Gasteiger partial charge is 0.416 e. The van der Waals surface area contributed by atoms with Gasteiger partial charge in [-0.2, -0.15) is 13.2 Å². The molecule has 1 fully saturated rings. The molecule has 0 bridgehead atoms. The van der Waals surface area contributed by atoms with Gasteiger partial charge in [-0.05, 0) is 31.4 Å². The second kappa shape index (κ2) is 8.50. The van der Waals surface area contributed by atoms with Gasteiger partial charge in [0.15, 0.2) is 5.78 Å². The van der Waals surface area contributed by atoms with Crippen LogP contribution in [0.1, 0.15) is 40.9 Å². The summed E-state index contributed by atoms with van der Waals surface area (Å²) in [6.45, 7) is 0.870. The van der Waals surface area contributed by atoms with Crippen molar-refractivity contribution in [3.8, 4) is 0 Å². The number of carbonyl (C=O) groups is 2. The van der Waals surface area contributed by atoms with Gasteiger partial charge in [0.25, 0.3) is 0 Å². The van der Waals surface area contributed by atoms with Crippen molar-refractivity contribution in [2.45, 2.75) is 31.9 Å². The standard InChI is InChI=1S/C20H20F3N3O2/c21-20(22,23)16-5-3-14(4-6-16)19(28)15-2-1-11-26(13-15)18(27)8-7-17-12-24-9-10-25-17/h3-6,9-10,12,15H,1-2,7-8,11,13H2/t15-/m0/s1. The monoisotopic (exact) mass is 391 g/mol. The highest BCUT2D eigenvalue weighted by Crippen LogP contribution is 2.30. The van der Waals surface area contributed by atoms with Gasteiger partial charge in [-0.3, -0.25) is 19.6 Å². The van der Waals surface area contributed by atoms with Crippen LogP contribution in [0, 0.1) is 5.92 Å². The summed E-state index contributed by atoms with van der Waals surface area (Å²) >= 11 is 0. The summed E-state index contributed by atoms with van der Waals surface area (Å²) in [7, 11) is 0. The van der Waals surface area contributed by atoms with Crippen molar-refractivity contribution in [1.82, 2.24) is 14.9 Å². The molecule has 1 atom stereocenters. The van der Waals surface area contributed by atoms with Crippen LogP contribution in [0.2, 0.25) is 0 Å². The molecule has 0 N–H and O–H groups in total. The number of aromatic nitrogens is 2. The molecule has 1 saturated heterocycles. The maximum absolute atomic E-state index is 12.7. The minimum absolute atomic E-state index is 0.0597. The van der Waals surface area contributed by atoms with Crippen molar-refractivity contribution in [3.05, 3.63) is 59.7 Å². The Morgan fingerprint density at radius 3 is 2.54 bits per heavy atom. The molecule has 3 rings (SSSR count). The zero-order chi connectivity index (χ0) is 20.1. The third-order valence-electron chi connectivity index (χ3n) is 4.85. The van der Waals surface area contributed by atoms with Crippen LogP contribution in [0.15, 0.2) is 42.9 Å². The Morgan fingerprint density at radius 2 is 1.89 bits per heavy atom. The molecule has 2 heterocycles. The minimum atomic E-state index is -4.43. The van der Waals surface area contributed by atoms with Gasteiger partial charge in [-0.15, -0.1) is 0 Å². The zero-order valence-corrected chi connectivity index (χ0v) is 15.2. The van der Waals surface area contributed by atoms with Crippen LogP contribution in [0.5, 0.6) is 0 Å². The van der Waals surface area contributed by atoms with E-state index in [4.69, 9.17) is 0 Å². The molecule has 0 saturated carbocycles. The van der Waals surface area contributed by atoms with E-state index in [1.165, 1.54) is 12.1 Å². The highest BCUT2D eigenvalue weighted by Gasteiger charge is 2.32. The van der Waals surface area contributed by atoms with Gasteiger partial charge in [0.2, 0.25) is 5.91 Å². The minimum Gasteiger partial charge on any atom is -0.342 e. The van der Waals surface area contributed by atoms with E-state index in [0.29, 0.717) is 32.4 Å². The Bertz CT molecular complexity index is 823. The Morgan fingerprint density at radius 1 is 1.14 bits per heavy atom. The molecule has 1 aromatic carbocycles. The van der Waals surface area contributed by atoms with Gasteiger partial charge in [-0.25, -0.2) is 0 Å². The molecule has 1 amide bonds. The summed E-state index contributed by atoms with van der Waals surface area (Å²) in [5, 5.41) is 0. The second-order valence-corrected chi connectivity index (χ2v) is 6.82. The number of halogens is 3. The van der Waals surface area contributed by atoms with Gasteiger partial charge in [0.05, 0.1) is 11.3 Å². The predicted molar refractivity (Wildman–Crippen MR) is 95.4 cm³/mol. The number of rotatable bonds is 5. The van der Waals surface area contributed by atoms with Crippen LogP contribution in [0.25, 0.3) is 0 Å². The maximum Gasteiger partial charge on any atom is 0.416 e.